The number of carbonyl (C=O) groups is 1. The van der Waals surface area contributed by atoms with Crippen LogP contribution in [0.3, 0.4) is 0 Å². The van der Waals surface area contributed by atoms with Crippen LogP contribution in [0.15, 0.2) is 53.6 Å². The fourth-order valence-corrected chi connectivity index (χ4v) is 1.81. The summed E-state index contributed by atoms with van der Waals surface area (Å²) in [6, 6.07) is 13.2. The number of rotatable bonds is 4. The number of non-ortho nitro benzene ring substituents is 1. The largest absolute Gasteiger partial charge is 0.271 e. The van der Waals surface area contributed by atoms with Gasteiger partial charge < -0.3 is 0 Å². The molecule has 2 aromatic carbocycles. The molecule has 2 rings (SSSR count). The Morgan fingerprint density at radius 2 is 1.82 bits per heavy atom. The standard InChI is InChI=1S/C16H15N3O3/c1-11-6-8-13(9-7-11)16(20)18-17-12(2)14-4-3-5-15(10-14)19(21)22/h3-10H,1-2H3,(H,18,20)/b17-12+. The summed E-state index contributed by atoms with van der Waals surface area (Å²) in [7, 11) is 0. The topological polar surface area (TPSA) is 84.6 Å². The van der Waals surface area contributed by atoms with Crippen LogP contribution in [-0.2, 0) is 0 Å². The molecule has 0 aromatic heterocycles. The number of nitrogens with one attached hydrogen (secondary N) is 1. The first kappa shape index (κ1) is 15.4. The van der Waals surface area contributed by atoms with Crippen LogP contribution in [0.2, 0.25) is 0 Å². The van der Waals surface area contributed by atoms with E-state index in [9.17, 15) is 14.9 Å². The Bertz CT molecular complexity index is 737. The Labute approximate surface area is 127 Å². The lowest BCUT2D eigenvalue weighted by molar-refractivity contribution is -0.384. The highest BCUT2D eigenvalue weighted by molar-refractivity contribution is 6.01. The van der Waals surface area contributed by atoms with Crippen LogP contribution in [0.1, 0.15) is 28.4 Å². The van der Waals surface area contributed by atoms with Crippen molar-refractivity contribution in [3.8, 4) is 0 Å². The molecule has 0 spiro atoms. The summed E-state index contributed by atoms with van der Waals surface area (Å²) in [6.07, 6.45) is 0. The van der Waals surface area contributed by atoms with Crippen LogP contribution in [-0.4, -0.2) is 16.5 Å². The average Bonchev–Trinajstić information content (AvgIpc) is 2.53. The molecule has 2 aromatic rings. The number of nitrogens with zero attached hydrogens (tertiary/aromatic N) is 2. The number of aryl methyl sites for hydroxylation is 1. The average molecular weight is 297 g/mol. The molecule has 0 unspecified atom stereocenters. The van der Waals surface area contributed by atoms with Gasteiger partial charge >= 0.3 is 0 Å². The van der Waals surface area contributed by atoms with E-state index in [-0.39, 0.29) is 11.6 Å². The van der Waals surface area contributed by atoms with Crippen LogP contribution in [0.5, 0.6) is 0 Å². The second kappa shape index (κ2) is 6.62. The fourth-order valence-electron chi connectivity index (χ4n) is 1.81. The van der Waals surface area contributed by atoms with Crippen molar-refractivity contribution < 1.29 is 9.72 Å². The van der Waals surface area contributed by atoms with E-state index in [1.54, 1.807) is 31.2 Å². The first-order chi connectivity index (χ1) is 10.5. The van der Waals surface area contributed by atoms with E-state index >= 15 is 0 Å². The first-order valence-corrected chi connectivity index (χ1v) is 6.63. The Balaban J connectivity index is 2.12. The zero-order valence-electron chi connectivity index (χ0n) is 12.2. The van der Waals surface area contributed by atoms with Gasteiger partial charge in [0, 0.05) is 23.3 Å². The molecule has 0 aliphatic carbocycles. The molecule has 0 saturated carbocycles. The summed E-state index contributed by atoms with van der Waals surface area (Å²) in [5.74, 6) is -0.329. The molecule has 0 fully saturated rings. The smallest absolute Gasteiger partial charge is 0.267 e. The van der Waals surface area contributed by atoms with E-state index < -0.39 is 4.92 Å². The van der Waals surface area contributed by atoms with Crippen molar-refractivity contribution in [2.45, 2.75) is 13.8 Å². The van der Waals surface area contributed by atoms with E-state index in [0.717, 1.165) is 5.56 Å². The van der Waals surface area contributed by atoms with Crippen molar-refractivity contribution in [3.05, 3.63) is 75.3 Å². The highest BCUT2D eigenvalue weighted by Crippen LogP contribution is 2.13. The van der Waals surface area contributed by atoms with Crippen molar-refractivity contribution in [1.82, 2.24) is 5.43 Å². The van der Waals surface area contributed by atoms with Crippen molar-refractivity contribution >= 4 is 17.3 Å². The number of nitro groups is 1. The monoisotopic (exact) mass is 297 g/mol. The zero-order valence-corrected chi connectivity index (χ0v) is 12.2. The van der Waals surface area contributed by atoms with Crippen LogP contribution < -0.4 is 5.43 Å². The van der Waals surface area contributed by atoms with Gasteiger partial charge in [0.25, 0.3) is 11.6 Å². The summed E-state index contributed by atoms with van der Waals surface area (Å²) in [4.78, 5) is 22.2. The van der Waals surface area contributed by atoms with Gasteiger partial charge in [-0.25, -0.2) is 5.43 Å². The molecule has 0 aliphatic heterocycles. The van der Waals surface area contributed by atoms with Gasteiger partial charge in [0.2, 0.25) is 0 Å². The van der Waals surface area contributed by atoms with Gasteiger partial charge in [0.1, 0.15) is 0 Å². The van der Waals surface area contributed by atoms with Crippen molar-refractivity contribution in [3.63, 3.8) is 0 Å². The van der Waals surface area contributed by atoms with Crippen LogP contribution in [0.25, 0.3) is 0 Å². The van der Waals surface area contributed by atoms with Gasteiger partial charge in [-0.15, -0.1) is 0 Å². The fraction of sp³-hybridized carbons (Fsp3) is 0.125. The number of carbonyl (C=O) groups excluding carboxylic acids is 1. The number of nitro benzene ring substituents is 1. The minimum Gasteiger partial charge on any atom is -0.267 e. The summed E-state index contributed by atoms with van der Waals surface area (Å²) in [6.45, 7) is 3.61. The molecule has 0 aliphatic rings. The maximum Gasteiger partial charge on any atom is 0.271 e. The molecular formula is C16H15N3O3. The molecule has 22 heavy (non-hydrogen) atoms. The van der Waals surface area contributed by atoms with Gasteiger partial charge in [0.15, 0.2) is 0 Å². The molecule has 0 saturated heterocycles. The second-order valence-corrected chi connectivity index (χ2v) is 4.81. The molecule has 1 N–H and O–H groups in total. The number of hydrogen-bond acceptors (Lipinski definition) is 4. The predicted octanol–water partition coefficient (Wildman–Crippen LogP) is 3.06. The third kappa shape index (κ3) is 3.76. The summed E-state index contributed by atoms with van der Waals surface area (Å²) < 4.78 is 0. The third-order valence-electron chi connectivity index (χ3n) is 3.11. The minimum absolute atomic E-state index is 0.0167. The van der Waals surface area contributed by atoms with E-state index in [1.807, 2.05) is 19.1 Å². The van der Waals surface area contributed by atoms with E-state index in [0.29, 0.717) is 16.8 Å². The van der Waals surface area contributed by atoms with Gasteiger partial charge in [0.05, 0.1) is 10.6 Å². The highest BCUT2D eigenvalue weighted by atomic mass is 16.6. The normalized spacial score (nSPS) is 11.1. The number of hydrazone groups is 1. The van der Waals surface area contributed by atoms with Crippen LogP contribution >= 0.6 is 0 Å². The van der Waals surface area contributed by atoms with E-state index in [1.165, 1.54) is 12.1 Å². The first-order valence-electron chi connectivity index (χ1n) is 6.63. The lowest BCUT2D eigenvalue weighted by atomic mass is 10.1. The molecule has 0 atom stereocenters. The van der Waals surface area contributed by atoms with Crippen LogP contribution in [0, 0.1) is 17.0 Å². The van der Waals surface area contributed by atoms with Crippen molar-refractivity contribution in [1.29, 1.82) is 0 Å². The minimum atomic E-state index is -0.471. The Hall–Kier alpha value is -3.02. The van der Waals surface area contributed by atoms with E-state index in [4.69, 9.17) is 0 Å². The maximum absolute atomic E-state index is 11.9. The maximum atomic E-state index is 11.9. The number of amides is 1. The zero-order chi connectivity index (χ0) is 16.1. The molecule has 0 heterocycles. The van der Waals surface area contributed by atoms with Gasteiger partial charge in [-0.1, -0.05) is 29.8 Å². The molecule has 1 amide bonds. The van der Waals surface area contributed by atoms with E-state index in [2.05, 4.69) is 10.5 Å². The van der Waals surface area contributed by atoms with Gasteiger partial charge in [-0.3, -0.25) is 14.9 Å². The molecule has 6 nitrogen and oxygen atoms in total. The predicted molar refractivity (Wildman–Crippen MR) is 84.0 cm³/mol. The Morgan fingerprint density at radius 1 is 1.14 bits per heavy atom. The Morgan fingerprint density at radius 3 is 2.45 bits per heavy atom. The number of hydrogen-bond donors (Lipinski definition) is 1. The number of benzene rings is 2. The lowest BCUT2D eigenvalue weighted by Crippen LogP contribution is -2.19. The molecule has 6 heteroatoms. The van der Waals surface area contributed by atoms with Crippen LogP contribution in [0.4, 0.5) is 5.69 Å². The van der Waals surface area contributed by atoms with Gasteiger partial charge in [-0.2, -0.15) is 5.10 Å². The highest BCUT2D eigenvalue weighted by Gasteiger charge is 2.08. The lowest BCUT2D eigenvalue weighted by Gasteiger charge is -2.03. The van der Waals surface area contributed by atoms with Crippen molar-refractivity contribution in [2.24, 2.45) is 5.10 Å². The molecular weight excluding hydrogens is 282 g/mol. The summed E-state index contributed by atoms with van der Waals surface area (Å²) in [5, 5.41) is 14.7. The third-order valence-corrected chi connectivity index (χ3v) is 3.11. The quantitative estimate of drug-likeness (QED) is 0.534. The summed E-state index contributed by atoms with van der Waals surface area (Å²) in [5.41, 5.74) is 5.06. The SMILES string of the molecule is C/C(=N\NC(=O)c1ccc(C)cc1)c1cccc([N+](=O)[O-])c1. The molecule has 0 radical (unpaired) electrons. The van der Waals surface area contributed by atoms with Crippen molar-refractivity contribution in [2.75, 3.05) is 0 Å². The second-order valence-electron chi connectivity index (χ2n) is 4.81. The molecule has 112 valence electrons. The summed E-state index contributed by atoms with van der Waals surface area (Å²) >= 11 is 0. The Kier molecular flexibility index (Phi) is 4.63. The molecule has 0 bridgehead atoms. The van der Waals surface area contributed by atoms with Gasteiger partial charge in [-0.05, 0) is 26.0 Å².